The van der Waals surface area contributed by atoms with Crippen molar-refractivity contribution in [1.82, 2.24) is 4.90 Å². The first kappa shape index (κ1) is 16.5. The molecule has 2 nitrogen and oxygen atoms in total. The van der Waals surface area contributed by atoms with Crippen LogP contribution in [0.15, 0.2) is 54.6 Å². The summed E-state index contributed by atoms with van der Waals surface area (Å²) >= 11 is 0. The smallest absolute Gasteiger partial charge is 0.165 e. The van der Waals surface area contributed by atoms with E-state index in [-0.39, 0.29) is 18.2 Å². The van der Waals surface area contributed by atoms with Gasteiger partial charge in [0, 0.05) is 18.5 Å². The van der Waals surface area contributed by atoms with E-state index in [1.54, 1.807) is 0 Å². The van der Waals surface area contributed by atoms with Gasteiger partial charge in [0.2, 0.25) is 0 Å². The van der Waals surface area contributed by atoms with E-state index in [4.69, 9.17) is 0 Å². The molecule has 0 heterocycles. The van der Waals surface area contributed by atoms with Gasteiger partial charge in [0.1, 0.15) is 0 Å². The maximum Gasteiger partial charge on any atom is 0.165 e. The van der Waals surface area contributed by atoms with Crippen LogP contribution >= 0.6 is 12.4 Å². The Hall–Kier alpha value is -1.90. The summed E-state index contributed by atoms with van der Waals surface area (Å²) in [5.41, 5.74) is 0.866. The molecule has 3 heteroatoms. The molecule has 3 aromatic carbocycles. The lowest BCUT2D eigenvalue weighted by Gasteiger charge is -2.12. The molecule has 0 aliphatic rings. The monoisotopic (exact) mass is 313 g/mol. The molecule has 0 fully saturated rings. The fraction of sp³-hybridized carbons (Fsp3) is 0.211. The second-order valence-corrected chi connectivity index (χ2v) is 5.67. The Bertz CT molecular complexity index is 757. The standard InChI is InChI=1S/C19H19NO.ClH/c1-20(2)12-11-18(21)19-16-9-5-3-7-14(16)13-15-8-4-6-10-17(15)19;/h3-10,13H,11-12H2,1-2H3;1H. The van der Waals surface area contributed by atoms with Crippen molar-refractivity contribution in [2.24, 2.45) is 0 Å². The number of carbonyl (C=O) groups excluding carboxylic acids is 1. The second kappa shape index (κ2) is 6.91. The van der Waals surface area contributed by atoms with Crippen molar-refractivity contribution in [2.75, 3.05) is 20.6 Å². The third-order valence-corrected chi connectivity index (χ3v) is 3.84. The van der Waals surface area contributed by atoms with Crippen molar-refractivity contribution < 1.29 is 4.79 Å². The fourth-order valence-corrected chi connectivity index (χ4v) is 2.76. The molecular formula is C19H20ClNO. The Balaban J connectivity index is 0.00000176. The van der Waals surface area contributed by atoms with E-state index in [1.165, 1.54) is 0 Å². The Labute approximate surface area is 137 Å². The zero-order valence-electron chi connectivity index (χ0n) is 12.9. The van der Waals surface area contributed by atoms with Crippen molar-refractivity contribution in [3.63, 3.8) is 0 Å². The molecule has 0 saturated carbocycles. The zero-order valence-corrected chi connectivity index (χ0v) is 13.7. The Morgan fingerprint density at radius 1 is 0.909 bits per heavy atom. The molecule has 3 aromatic rings. The summed E-state index contributed by atoms with van der Waals surface area (Å²) in [6.07, 6.45) is 0.547. The van der Waals surface area contributed by atoms with Gasteiger partial charge in [0.15, 0.2) is 5.78 Å². The number of Topliss-reactive ketones (excluding diaryl/α,β-unsaturated/α-hetero) is 1. The summed E-state index contributed by atoms with van der Waals surface area (Å²) in [5.74, 6) is 0.219. The van der Waals surface area contributed by atoms with Crippen LogP contribution in [-0.4, -0.2) is 31.3 Å². The first-order chi connectivity index (χ1) is 10.2. The maximum absolute atomic E-state index is 12.8. The van der Waals surface area contributed by atoms with Crippen LogP contribution in [0, 0.1) is 0 Å². The van der Waals surface area contributed by atoms with Gasteiger partial charge < -0.3 is 4.90 Å². The van der Waals surface area contributed by atoms with E-state index in [9.17, 15) is 4.79 Å². The van der Waals surface area contributed by atoms with E-state index in [1.807, 2.05) is 55.4 Å². The average molecular weight is 314 g/mol. The minimum atomic E-state index is 0. The van der Waals surface area contributed by atoms with Gasteiger partial charge in [0.05, 0.1) is 0 Å². The predicted molar refractivity (Wildman–Crippen MR) is 96.2 cm³/mol. The van der Waals surface area contributed by atoms with Crippen LogP contribution in [-0.2, 0) is 0 Å². The van der Waals surface area contributed by atoms with Crippen LogP contribution in [0.2, 0.25) is 0 Å². The average Bonchev–Trinajstić information content (AvgIpc) is 2.50. The fourth-order valence-electron chi connectivity index (χ4n) is 2.76. The molecule has 0 saturated heterocycles. The molecule has 0 radical (unpaired) electrons. The molecule has 0 amide bonds. The lowest BCUT2D eigenvalue weighted by atomic mass is 9.93. The third kappa shape index (κ3) is 3.13. The number of nitrogens with zero attached hydrogens (tertiary/aromatic N) is 1. The Kier molecular flexibility index (Phi) is 5.17. The number of fused-ring (bicyclic) bond motifs is 2. The molecule has 0 aromatic heterocycles. The Morgan fingerprint density at radius 3 is 1.91 bits per heavy atom. The van der Waals surface area contributed by atoms with Crippen molar-refractivity contribution in [1.29, 1.82) is 0 Å². The predicted octanol–water partition coefficient (Wildman–Crippen LogP) is 4.55. The molecule has 0 aliphatic carbocycles. The van der Waals surface area contributed by atoms with E-state index >= 15 is 0 Å². The van der Waals surface area contributed by atoms with E-state index in [2.05, 4.69) is 18.2 Å². The van der Waals surface area contributed by atoms with Crippen molar-refractivity contribution in [3.05, 3.63) is 60.2 Å². The molecule has 0 spiro atoms. The summed E-state index contributed by atoms with van der Waals surface area (Å²) in [6, 6.07) is 18.4. The van der Waals surface area contributed by atoms with Crippen LogP contribution < -0.4 is 0 Å². The summed E-state index contributed by atoms with van der Waals surface area (Å²) in [4.78, 5) is 14.8. The number of hydrogen-bond donors (Lipinski definition) is 0. The normalized spacial score (nSPS) is 10.9. The van der Waals surface area contributed by atoms with Gasteiger partial charge in [-0.3, -0.25) is 4.79 Å². The van der Waals surface area contributed by atoms with Crippen LogP contribution in [0.1, 0.15) is 16.8 Å². The summed E-state index contributed by atoms with van der Waals surface area (Å²) in [7, 11) is 3.99. The number of carbonyl (C=O) groups is 1. The van der Waals surface area contributed by atoms with Crippen molar-refractivity contribution in [2.45, 2.75) is 6.42 Å². The lowest BCUT2D eigenvalue weighted by Crippen LogP contribution is -2.17. The number of rotatable bonds is 4. The van der Waals surface area contributed by atoms with Gasteiger partial charge in [0.25, 0.3) is 0 Å². The van der Waals surface area contributed by atoms with Crippen LogP contribution in [0.4, 0.5) is 0 Å². The molecule has 0 bridgehead atoms. The van der Waals surface area contributed by atoms with E-state index in [0.717, 1.165) is 33.7 Å². The molecule has 3 rings (SSSR count). The minimum absolute atomic E-state index is 0. The summed E-state index contributed by atoms with van der Waals surface area (Å²) < 4.78 is 0. The highest BCUT2D eigenvalue weighted by atomic mass is 35.5. The summed E-state index contributed by atoms with van der Waals surface area (Å²) in [6.45, 7) is 0.774. The maximum atomic E-state index is 12.8. The van der Waals surface area contributed by atoms with Crippen LogP contribution in [0.5, 0.6) is 0 Å². The minimum Gasteiger partial charge on any atom is -0.309 e. The highest BCUT2D eigenvalue weighted by Crippen LogP contribution is 2.29. The number of ketones is 1. The Morgan fingerprint density at radius 2 is 1.41 bits per heavy atom. The molecule has 114 valence electrons. The number of benzene rings is 3. The van der Waals surface area contributed by atoms with Gasteiger partial charge in [-0.2, -0.15) is 0 Å². The molecule has 0 unspecified atom stereocenters. The molecular weight excluding hydrogens is 294 g/mol. The zero-order chi connectivity index (χ0) is 14.8. The number of halogens is 1. The van der Waals surface area contributed by atoms with Crippen LogP contribution in [0.25, 0.3) is 21.5 Å². The largest absolute Gasteiger partial charge is 0.309 e. The molecule has 0 aliphatic heterocycles. The van der Waals surface area contributed by atoms with E-state index < -0.39 is 0 Å². The van der Waals surface area contributed by atoms with Gasteiger partial charge in [-0.25, -0.2) is 0 Å². The quantitative estimate of drug-likeness (QED) is 0.520. The van der Waals surface area contributed by atoms with Gasteiger partial charge in [-0.05, 0) is 41.7 Å². The first-order valence-electron chi connectivity index (χ1n) is 7.25. The lowest BCUT2D eigenvalue weighted by molar-refractivity contribution is 0.0975. The number of hydrogen-bond acceptors (Lipinski definition) is 2. The highest BCUT2D eigenvalue weighted by Gasteiger charge is 2.14. The highest BCUT2D eigenvalue weighted by molar-refractivity contribution is 6.18. The topological polar surface area (TPSA) is 20.3 Å². The molecule has 22 heavy (non-hydrogen) atoms. The van der Waals surface area contributed by atoms with Crippen molar-refractivity contribution >= 4 is 39.7 Å². The molecule has 0 atom stereocenters. The van der Waals surface area contributed by atoms with Gasteiger partial charge in [-0.1, -0.05) is 48.5 Å². The second-order valence-electron chi connectivity index (χ2n) is 5.67. The van der Waals surface area contributed by atoms with Crippen LogP contribution in [0.3, 0.4) is 0 Å². The van der Waals surface area contributed by atoms with Gasteiger partial charge in [-0.15, -0.1) is 12.4 Å². The van der Waals surface area contributed by atoms with Crippen molar-refractivity contribution in [3.8, 4) is 0 Å². The summed E-state index contributed by atoms with van der Waals surface area (Å²) in [5, 5.41) is 4.37. The van der Waals surface area contributed by atoms with Gasteiger partial charge >= 0.3 is 0 Å². The first-order valence-corrected chi connectivity index (χ1v) is 7.25. The SMILES string of the molecule is CN(C)CCC(=O)c1c2ccccc2cc2ccccc12.Cl. The molecule has 0 N–H and O–H groups in total. The third-order valence-electron chi connectivity index (χ3n) is 3.84. The van der Waals surface area contributed by atoms with E-state index in [0.29, 0.717) is 6.42 Å².